The van der Waals surface area contributed by atoms with Gasteiger partial charge in [0.1, 0.15) is 17.3 Å². The number of thiophene rings is 2. The van der Waals surface area contributed by atoms with Crippen LogP contribution < -0.4 is 5.56 Å². The highest BCUT2D eigenvalue weighted by Crippen LogP contribution is 2.34. The fourth-order valence-corrected chi connectivity index (χ4v) is 4.68. The summed E-state index contributed by atoms with van der Waals surface area (Å²) < 4.78 is 5.24. The van der Waals surface area contributed by atoms with Crippen LogP contribution in [-0.4, -0.2) is 15.9 Å². The molecular weight excluding hydrogens is 394 g/mol. The topological polar surface area (TPSA) is 95.8 Å². The van der Waals surface area contributed by atoms with Gasteiger partial charge in [0.15, 0.2) is 0 Å². The van der Waals surface area contributed by atoms with Crippen molar-refractivity contribution in [2.45, 2.75) is 13.5 Å². The lowest BCUT2D eigenvalue weighted by atomic mass is 10.1. The van der Waals surface area contributed by atoms with Crippen LogP contribution in [0.1, 0.15) is 26.6 Å². The Morgan fingerprint density at radius 3 is 2.93 bits per heavy atom. The summed E-state index contributed by atoms with van der Waals surface area (Å²) in [4.78, 5) is 34.7. The van der Waals surface area contributed by atoms with Crippen LogP contribution in [-0.2, 0) is 11.3 Å². The third-order valence-corrected chi connectivity index (χ3v) is 5.97. The number of aromatic nitrogens is 2. The molecule has 0 aliphatic carbocycles. The number of carbonyl (C=O) groups is 1. The number of H-pyrrole nitrogens is 1. The Hall–Kier alpha value is -3.28. The second-order valence-corrected chi connectivity index (χ2v) is 8.17. The largest absolute Gasteiger partial charge is 0.454 e. The normalized spacial score (nSPS) is 10.7. The number of nitrogens with zero attached hydrogens (tertiary/aromatic N) is 2. The minimum Gasteiger partial charge on any atom is -0.454 e. The number of nitriles is 1. The zero-order chi connectivity index (χ0) is 19.7. The van der Waals surface area contributed by atoms with Crippen molar-refractivity contribution in [3.05, 3.63) is 74.0 Å². The maximum Gasteiger partial charge on any atom is 0.338 e. The van der Waals surface area contributed by atoms with Gasteiger partial charge >= 0.3 is 5.97 Å². The van der Waals surface area contributed by atoms with Crippen LogP contribution in [0.4, 0.5) is 0 Å². The summed E-state index contributed by atoms with van der Waals surface area (Å²) in [6, 6.07) is 12.2. The molecule has 0 amide bonds. The van der Waals surface area contributed by atoms with Gasteiger partial charge in [0.25, 0.3) is 5.56 Å². The number of fused-ring (bicyclic) bond motifs is 1. The first-order valence-corrected chi connectivity index (χ1v) is 9.99. The van der Waals surface area contributed by atoms with E-state index in [0.29, 0.717) is 15.8 Å². The standard InChI is InChI=1S/C20H13N3O3S2/c1-11-5-6-15(28-11)14-10-27-19-17(14)18(24)22-16(23-19)9-26-20(25)13-4-2-3-12(7-13)8-21/h2-7,10H,9H2,1H3,(H,22,23,24). The molecule has 1 N–H and O–H groups in total. The molecule has 0 bridgehead atoms. The maximum absolute atomic E-state index is 12.6. The smallest absolute Gasteiger partial charge is 0.338 e. The summed E-state index contributed by atoms with van der Waals surface area (Å²) >= 11 is 3.00. The van der Waals surface area contributed by atoms with Gasteiger partial charge in [-0.15, -0.1) is 22.7 Å². The summed E-state index contributed by atoms with van der Waals surface area (Å²) in [5.74, 6) is -0.307. The molecule has 0 fully saturated rings. The van der Waals surface area contributed by atoms with Crippen LogP contribution in [0.5, 0.6) is 0 Å². The van der Waals surface area contributed by atoms with Gasteiger partial charge in [-0.05, 0) is 37.3 Å². The number of nitrogens with one attached hydrogen (secondary N) is 1. The number of aryl methyl sites for hydroxylation is 1. The van der Waals surface area contributed by atoms with Crippen LogP contribution in [0, 0.1) is 18.3 Å². The molecule has 1 aromatic carbocycles. The average Bonchev–Trinajstić information content (AvgIpc) is 3.32. The molecule has 0 spiro atoms. The van der Waals surface area contributed by atoms with Gasteiger partial charge in [0.05, 0.1) is 22.6 Å². The van der Waals surface area contributed by atoms with E-state index in [-0.39, 0.29) is 23.6 Å². The Bertz CT molecular complexity index is 1290. The molecule has 6 nitrogen and oxygen atoms in total. The quantitative estimate of drug-likeness (QED) is 0.510. The molecule has 0 aliphatic heterocycles. The number of benzene rings is 1. The number of rotatable bonds is 4. The predicted octanol–water partition coefficient (Wildman–Crippen LogP) is 4.25. The van der Waals surface area contributed by atoms with E-state index in [1.807, 2.05) is 30.5 Å². The number of hydrogen-bond acceptors (Lipinski definition) is 7. The van der Waals surface area contributed by atoms with Gasteiger partial charge in [-0.3, -0.25) is 4.79 Å². The van der Waals surface area contributed by atoms with Crippen molar-refractivity contribution in [1.82, 2.24) is 9.97 Å². The third-order valence-electron chi connectivity index (χ3n) is 4.07. The van der Waals surface area contributed by atoms with Crippen molar-refractivity contribution in [3.63, 3.8) is 0 Å². The van der Waals surface area contributed by atoms with Crippen LogP contribution in [0.25, 0.3) is 20.7 Å². The van der Waals surface area contributed by atoms with E-state index in [0.717, 1.165) is 10.4 Å². The fraction of sp³-hybridized carbons (Fsp3) is 0.100. The zero-order valence-corrected chi connectivity index (χ0v) is 16.3. The summed E-state index contributed by atoms with van der Waals surface area (Å²) in [5.41, 5.74) is 1.25. The first kappa shape index (κ1) is 18.1. The Labute approximate surface area is 167 Å². The van der Waals surface area contributed by atoms with Gasteiger partial charge in [-0.1, -0.05) is 6.07 Å². The number of hydrogen-bond donors (Lipinski definition) is 1. The Balaban J connectivity index is 1.58. The molecule has 4 aromatic rings. The van der Waals surface area contributed by atoms with Crippen molar-refractivity contribution in [2.24, 2.45) is 0 Å². The highest BCUT2D eigenvalue weighted by Gasteiger charge is 2.15. The highest BCUT2D eigenvalue weighted by molar-refractivity contribution is 7.19. The molecule has 8 heteroatoms. The molecule has 4 rings (SSSR count). The molecule has 28 heavy (non-hydrogen) atoms. The second kappa shape index (κ2) is 7.38. The van der Waals surface area contributed by atoms with Crippen LogP contribution in [0.15, 0.2) is 46.6 Å². The monoisotopic (exact) mass is 407 g/mol. The predicted molar refractivity (Wildman–Crippen MR) is 109 cm³/mol. The van der Waals surface area contributed by atoms with E-state index >= 15 is 0 Å². The molecule has 0 aliphatic rings. The molecule has 0 saturated heterocycles. The number of ether oxygens (including phenoxy) is 1. The van der Waals surface area contributed by atoms with Gasteiger partial charge in [0.2, 0.25) is 0 Å². The molecule has 138 valence electrons. The lowest BCUT2D eigenvalue weighted by Gasteiger charge is -2.05. The van der Waals surface area contributed by atoms with E-state index < -0.39 is 5.97 Å². The molecule has 0 radical (unpaired) electrons. The van der Waals surface area contributed by atoms with Gasteiger partial charge < -0.3 is 9.72 Å². The average molecular weight is 407 g/mol. The Morgan fingerprint density at radius 1 is 1.32 bits per heavy atom. The Kier molecular flexibility index (Phi) is 4.77. The molecule has 0 atom stereocenters. The minimum absolute atomic E-state index is 0.161. The molecule has 0 saturated carbocycles. The van der Waals surface area contributed by atoms with E-state index in [9.17, 15) is 9.59 Å². The summed E-state index contributed by atoms with van der Waals surface area (Å²) in [6.45, 7) is 1.86. The lowest BCUT2D eigenvalue weighted by molar-refractivity contribution is 0.0462. The van der Waals surface area contributed by atoms with E-state index in [1.165, 1.54) is 22.3 Å². The lowest BCUT2D eigenvalue weighted by Crippen LogP contribution is -2.14. The van der Waals surface area contributed by atoms with E-state index in [1.54, 1.807) is 29.5 Å². The van der Waals surface area contributed by atoms with Crippen LogP contribution in [0.2, 0.25) is 0 Å². The van der Waals surface area contributed by atoms with E-state index in [4.69, 9.17) is 10.00 Å². The van der Waals surface area contributed by atoms with Gasteiger partial charge in [0, 0.05) is 20.7 Å². The zero-order valence-electron chi connectivity index (χ0n) is 14.7. The van der Waals surface area contributed by atoms with Crippen molar-refractivity contribution >= 4 is 38.9 Å². The SMILES string of the molecule is Cc1ccc(-c2csc3nc(COC(=O)c4cccc(C#N)c4)[nH]c(=O)c23)s1. The third kappa shape index (κ3) is 3.45. The molecular formula is C20H13N3O3S2. The molecule has 3 heterocycles. The minimum atomic E-state index is -0.583. The summed E-state index contributed by atoms with van der Waals surface area (Å²) in [7, 11) is 0. The number of esters is 1. The maximum atomic E-state index is 12.6. The van der Waals surface area contributed by atoms with Crippen LogP contribution >= 0.6 is 22.7 Å². The van der Waals surface area contributed by atoms with Crippen molar-refractivity contribution in [2.75, 3.05) is 0 Å². The van der Waals surface area contributed by atoms with Crippen LogP contribution in [0.3, 0.4) is 0 Å². The first-order chi connectivity index (χ1) is 13.5. The van der Waals surface area contributed by atoms with Gasteiger partial charge in [-0.2, -0.15) is 5.26 Å². The first-order valence-electron chi connectivity index (χ1n) is 8.29. The van der Waals surface area contributed by atoms with Crippen molar-refractivity contribution in [1.29, 1.82) is 5.26 Å². The summed E-state index contributed by atoms with van der Waals surface area (Å²) in [6.07, 6.45) is 0. The number of carbonyl (C=O) groups excluding carboxylic acids is 1. The molecule has 3 aromatic heterocycles. The van der Waals surface area contributed by atoms with Gasteiger partial charge in [-0.25, -0.2) is 9.78 Å². The number of aromatic amines is 1. The Morgan fingerprint density at radius 2 is 2.18 bits per heavy atom. The van der Waals surface area contributed by atoms with Crippen molar-refractivity contribution < 1.29 is 9.53 Å². The highest BCUT2D eigenvalue weighted by atomic mass is 32.1. The summed E-state index contributed by atoms with van der Waals surface area (Å²) in [5, 5.41) is 11.4. The molecule has 0 unspecified atom stereocenters. The van der Waals surface area contributed by atoms with E-state index in [2.05, 4.69) is 9.97 Å². The fourth-order valence-electron chi connectivity index (χ4n) is 2.76. The van der Waals surface area contributed by atoms with Crippen molar-refractivity contribution in [3.8, 4) is 16.5 Å². The second-order valence-electron chi connectivity index (χ2n) is 6.02.